The quantitative estimate of drug-likeness (QED) is 0.769. The molecule has 0 N–H and O–H groups in total. The van der Waals surface area contributed by atoms with Gasteiger partial charge in [0.25, 0.3) is 0 Å². The van der Waals surface area contributed by atoms with Gasteiger partial charge in [0, 0.05) is 5.56 Å². The first-order valence-electron chi connectivity index (χ1n) is 5.53. The average molecular weight is 250 g/mol. The molecule has 0 bridgehead atoms. The molecule has 0 aliphatic rings. The van der Waals surface area contributed by atoms with Crippen molar-refractivity contribution in [3.8, 4) is 0 Å². The molecule has 2 nitrogen and oxygen atoms in total. The van der Waals surface area contributed by atoms with Crippen LogP contribution in [0.3, 0.4) is 0 Å². The van der Waals surface area contributed by atoms with E-state index in [2.05, 4.69) is 0 Å². The van der Waals surface area contributed by atoms with Crippen LogP contribution in [0.15, 0.2) is 41.8 Å². The van der Waals surface area contributed by atoms with E-state index in [1.54, 1.807) is 29.7 Å². The normalized spacial score (nSPS) is 13.8. The van der Waals surface area contributed by atoms with Gasteiger partial charge in [0.15, 0.2) is 5.78 Å². The van der Waals surface area contributed by atoms with E-state index in [1.807, 2.05) is 32.9 Å². The minimum atomic E-state index is -1.23. The molecule has 1 rings (SSSR count). The number of rotatable bonds is 4. The van der Waals surface area contributed by atoms with Crippen molar-refractivity contribution in [1.82, 2.24) is 0 Å². The van der Waals surface area contributed by atoms with Crippen molar-refractivity contribution < 1.29 is 9.00 Å². The zero-order valence-corrected chi connectivity index (χ0v) is 11.3. The second-order valence-electron chi connectivity index (χ2n) is 4.98. The standard InChI is InChI=1S/C14H18O2S/c1-14(2,3)9-10-17(16)11-13(15)12-7-5-4-6-8-12/h4-10H,11H2,1-3H3/b10-9+. The zero-order valence-electron chi connectivity index (χ0n) is 10.5. The fraction of sp³-hybridized carbons (Fsp3) is 0.357. The molecule has 1 aromatic carbocycles. The van der Waals surface area contributed by atoms with E-state index in [1.165, 1.54) is 0 Å². The van der Waals surface area contributed by atoms with E-state index >= 15 is 0 Å². The summed E-state index contributed by atoms with van der Waals surface area (Å²) in [6.07, 6.45) is 1.88. The zero-order chi connectivity index (χ0) is 12.9. The fourth-order valence-electron chi connectivity index (χ4n) is 1.16. The Labute approximate surface area is 105 Å². The molecule has 1 atom stereocenters. The highest BCUT2D eigenvalue weighted by Crippen LogP contribution is 2.15. The minimum absolute atomic E-state index is 0.00848. The topological polar surface area (TPSA) is 34.1 Å². The highest BCUT2D eigenvalue weighted by Gasteiger charge is 2.09. The van der Waals surface area contributed by atoms with Gasteiger partial charge in [-0.2, -0.15) is 0 Å². The number of hydrogen-bond acceptors (Lipinski definition) is 2. The Morgan fingerprint density at radius 1 is 1.24 bits per heavy atom. The van der Waals surface area contributed by atoms with Crippen LogP contribution in [0, 0.1) is 5.41 Å². The molecule has 1 aromatic rings. The van der Waals surface area contributed by atoms with Crippen LogP contribution in [0.2, 0.25) is 0 Å². The summed E-state index contributed by atoms with van der Waals surface area (Å²) < 4.78 is 11.7. The number of benzene rings is 1. The summed E-state index contributed by atoms with van der Waals surface area (Å²) in [7, 11) is -1.23. The van der Waals surface area contributed by atoms with Crippen molar-refractivity contribution in [1.29, 1.82) is 0 Å². The number of carbonyl (C=O) groups is 1. The van der Waals surface area contributed by atoms with Gasteiger partial charge in [-0.1, -0.05) is 57.2 Å². The molecular weight excluding hydrogens is 232 g/mol. The van der Waals surface area contributed by atoms with Crippen LogP contribution in [-0.2, 0) is 10.8 Å². The van der Waals surface area contributed by atoms with Gasteiger partial charge < -0.3 is 0 Å². The maximum atomic E-state index is 11.8. The molecule has 3 heteroatoms. The average Bonchev–Trinajstić information content (AvgIpc) is 2.27. The van der Waals surface area contributed by atoms with Gasteiger partial charge in [-0.25, -0.2) is 0 Å². The summed E-state index contributed by atoms with van der Waals surface area (Å²) in [6, 6.07) is 8.95. The summed E-state index contributed by atoms with van der Waals surface area (Å²) in [6.45, 7) is 6.08. The number of allylic oxidation sites excluding steroid dienone is 1. The molecule has 0 fully saturated rings. The highest BCUT2D eigenvalue weighted by molar-refractivity contribution is 7.88. The van der Waals surface area contributed by atoms with Crippen LogP contribution in [0.1, 0.15) is 31.1 Å². The summed E-state index contributed by atoms with van der Waals surface area (Å²) in [5.74, 6) is -0.0288. The third-order valence-corrected chi connectivity index (χ3v) is 3.08. The molecule has 17 heavy (non-hydrogen) atoms. The molecule has 0 aliphatic heterocycles. The maximum absolute atomic E-state index is 11.8. The van der Waals surface area contributed by atoms with Crippen molar-refractivity contribution in [2.75, 3.05) is 5.75 Å². The van der Waals surface area contributed by atoms with E-state index in [9.17, 15) is 9.00 Å². The summed E-state index contributed by atoms with van der Waals surface area (Å²) >= 11 is 0. The van der Waals surface area contributed by atoms with Crippen molar-refractivity contribution in [2.45, 2.75) is 20.8 Å². The fourth-order valence-corrected chi connectivity index (χ4v) is 2.25. The molecule has 92 valence electrons. The second kappa shape index (κ2) is 5.92. The Morgan fingerprint density at radius 3 is 2.35 bits per heavy atom. The first-order valence-corrected chi connectivity index (χ1v) is 6.91. The van der Waals surface area contributed by atoms with E-state index in [-0.39, 0.29) is 17.0 Å². The van der Waals surface area contributed by atoms with E-state index in [0.29, 0.717) is 5.56 Å². The summed E-state index contributed by atoms with van der Waals surface area (Å²) in [5.41, 5.74) is 0.607. The van der Waals surface area contributed by atoms with Crippen molar-refractivity contribution in [2.24, 2.45) is 5.41 Å². The molecule has 1 unspecified atom stereocenters. The van der Waals surface area contributed by atoms with Crippen LogP contribution in [0.25, 0.3) is 0 Å². The van der Waals surface area contributed by atoms with Gasteiger partial charge in [0.2, 0.25) is 0 Å². The van der Waals surface area contributed by atoms with Crippen LogP contribution in [0.4, 0.5) is 0 Å². The third-order valence-electron chi connectivity index (χ3n) is 2.09. The predicted molar refractivity (Wildman–Crippen MR) is 72.4 cm³/mol. The lowest BCUT2D eigenvalue weighted by Gasteiger charge is -2.10. The first kappa shape index (κ1) is 13.8. The molecular formula is C14H18O2S. The molecule has 0 saturated heterocycles. The molecule has 0 radical (unpaired) electrons. The largest absolute Gasteiger partial charge is 0.293 e. The molecule has 0 heterocycles. The maximum Gasteiger partial charge on any atom is 0.175 e. The molecule has 0 aromatic heterocycles. The Bertz CT molecular complexity index is 427. The number of ketones is 1. The molecule has 0 amide bonds. The van der Waals surface area contributed by atoms with Crippen LogP contribution in [0.5, 0.6) is 0 Å². The van der Waals surface area contributed by atoms with E-state index in [0.717, 1.165) is 0 Å². The van der Waals surface area contributed by atoms with E-state index < -0.39 is 10.8 Å². The van der Waals surface area contributed by atoms with Crippen molar-refractivity contribution in [3.63, 3.8) is 0 Å². The van der Waals surface area contributed by atoms with Crippen LogP contribution >= 0.6 is 0 Å². The summed E-state index contributed by atoms with van der Waals surface area (Å²) in [4.78, 5) is 11.8. The Hall–Kier alpha value is -1.22. The third kappa shape index (κ3) is 5.59. The monoisotopic (exact) mass is 250 g/mol. The smallest absolute Gasteiger partial charge is 0.175 e. The van der Waals surface area contributed by atoms with Crippen molar-refractivity contribution >= 4 is 16.6 Å². The number of carbonyl (C=O) groups excluding carboxylic acids is 1. The molecule has 0 spiro atoms. The second-order valence-corrected chi connectivity index (χ2v) is 6.31. The first-order chi connectivity index (χ1) is 7.88. The Kier molecular flexibility index (Phi) is 4.82. The lowest BCUT2D eigenvalue weighted by molar-refractivity contribution is 0.102. The van der Waals surface area contributed by atoms with Gasteiger partial charge in [0.1, 0.15) is 0 Å². The van der Waals surface area contributed by atoms with Gasteiger partial charge in [0.05, 0.1) is 16.6 Å². The number of Topliss-reactive ketones (excluding diaryl/α,β-unsaturated/α-hetero) is 1. The van der Waals surface area contributed by atoms with Crippen molar-refractivity contribution in [3.05, 3.63) is 47.4 Å². The van der Waals surface area contributed by atoms with Crippen LogP contribution in [-0.4, -0.2) is 15.7 Å². The minimum Gasteiger partial charge on any atom is -0.293 e. The number of hydrogen-bond donors (Lipinski definition) is 0. The molecule has 0 aliphatic carbocycles. The lowest BCUT2D eigenvalue weighted by Crippen LogP contribution is -2.09. The van der Waals surface area contributed by atoms with Crippen LogP contribution < -0.4 is 0 Å². The summed E-state index contributed by atoms with van der Waals surface area (Å²) in [5, 5.41) is 1.61. The Balaban J connectivity index is 2.59. The lowest BCUT2D eigenvalue weighted by atomic mass is 9.98. The molecule has 0 saturated carbocycles. The van der Waals surface area contributed by atoms with Gasteiger partial charge in [-0.15, -0.1) is 0 Å². The van der Waals surface area contributed by atoms with Gasteiger partial charge in [-0.3, -0.25) is 9.00 Å². The Morgan fingerprint density at radius 2 is 1.82 bits per heavy atom. The SMILES string of the molecule is CC(C)(C)/C=C/S(=O)CC(=O)c1ccccc1. The van der Waals surface area contributed by atoms with E-state index in [4.69, 9.17) is 0 Å². The van der Waals surface area contributed by atoms with Gasteiger partial charge in [-0.05, 0) is 10.8 Å². The predicted octanol–water partition coefficient (Wildman–Crippen LogP) is 3.18. The van der Waals surface area contributed by atoms with Gasteiger partial charge >= 0.3 is 0 Å². The highest BCUT2D eigenvalue weighted by atomic mass is 32.2.